The molecule has 6 heteroatoms. The molecule has 6 nitrogen and oxygen atoms in total. The van der Waals surface area contributed by atoms with Gasteiger partial charge in [0.05, 0.1) is 20.8 Å². The molecule has 0 aliphatic carbocycles. The zero-order valence-corrected chi connectivity index (χ0v) is 16.3. The van der Waals surface area contributed by atoms with Crippen molar-refractivity contribution in [2.75, 3.05) is 41.0 Å². The van der Waals surface area contributed by atoms with Crippen LogP contribution in [0.4, 0.5) is 0 Å². The van der Waals surface area contributed by atoms with Gasteiger partial charge in [-0.25, -0.2) is 0 Å². The van der Waals surface area contributed by atoms with Gasteiger partial charge in [-0.15, -0.1) is 0 Å². The second kappa shape index (κ2) is 11.7. The van der Waals surface area contributed by atoms with Crippen molar-refractivity contribution < 1.29 is 14.2 Å². The van der Waals surface area contributed by atoms with E-state index >= 15 is 0 Å². The van der Waals surface area contributed by atoms with Crippen LogP contribution >= 0.6 is 0 Å². The molecule has 0 aliphatic rings. The summed E-state index contributed by atoms with van der Waals surface area (Å²) in [4.78, 5) is 4.23. The Morgan fingerprint density at radius 2 is 1.37 bits per heavy atom. The number of nitrogens with one attached hydrogen (secondary N) is 2. The lowest BCUT2D eigenvalue weighted by atomic mass is 10.1. The average molecular weight is 371 g/mol. The summed E-state index contributed by atoms with van der Waals surface area (Å²) in [5.41, 5.74) is 1.30. The molecular weight excluding hydrogens is 342 g/mol. The number of ether oxygens (including phenoxy) is 3. The number of nitrogens with zero attached hydrogens (tertiary/aromatic N) is 1. The van der Waals surface area contributed by atoms with Gasteiger partial charge in [-0.3, -0.25) is 4.99 Å². The van der Waals surface area contributed by atoms with E-state index in [9.17, 15) is 0 Å². The van der Waals surface area contributed by atoms with Gasteiger partial charge in [0.1, 0.15) is 23.9 Å². The number of rotatable bonds is 10. The molecule has 146 valence electrons. The molecule has 0 bridgehead atoms. The fourth-order valence-corrected chi connectivity index (χ4v) is 2.52. The summed E-state index contributed by atoms with van der Waals surface area (Å²) in [6.07, 6.45) is 2.03. The Morgan fingerprint density at radius 1 is 0.815 bits per heavy atom. The predicted molar refractivity (Wildman–Crippen MR) is 109 cm³/mol. The largest absolute Gasteiger partial charge is 0.497 e. The van der Waals surface area contributed by atoms with Crippen LogP contribution in [0, 0.1) is 0 Å². The lowest BCUT2D eigenvalue weighted by Gasteiger charge is -2.12. The molecule has 27 heavy (non-hydrogen) atoms. The number of methoxy groups -OCH3 is 2. The van der Waals surface area contributed by atoms with Crippen LogP contribution in [0.5, 0.6) is 17.2 Å². The lowest BCUT2D eigenvalue weighted by molar-refractivity contribution is 0.321. The van der Waals surface area contributed by atoms with E-state index in [1.807, 2.05) is 36.4 Å². The van der Waals surface area contributed by atoms with Gasteiger partial charge in [-0.2, -0.15) is 0 Å². The van der Waals surface area contributed by atoms with Gasteiger partial charge in [-0.1, -0.05) is 12.1 Å². The van der Waals surface area contributed by atoms with Crippen LogP contribution in [-0.4, -0.2) is 46.9 Å². The number of hydrogen-bond donors (Lipinski definition) is 2. The number of hydrogen-bond acceptors (Lipinski definition) is 4. The topological polar surface area (TPSA) is 64.1 Å². The maximum Gasteiger partial charge on any atom is 0.191 e. The van der Waals surface area contributed by atoms with Crippen LogP contribution in [0.1, 0.15) is 12.0 Å². The van der Waals surface area contributed by atoms with Crippen molar-refractivity contribution in [2.45, 2.75) is 12.8 Å². The van der Waals surface area contributed by atoms with Crippen molar-refractivity contribution in [1.29, 1.82) is 0 Å². The van der Waals surface area contributed by atoms with E-state index in [-0.39, 0.29) is 0 Å². The third-order valence-corrected chi connectivity index (χ3v) is 4.04. The van der Waals surface area contributed by atoms with Crippen molar-refractivity contribution >= 4 is 5.96 Å². The number of aliphatic imine (C=N–C) groups is 1. The highest BCUT2D eigenvalue weighted by atomic mass is 16.5. The maximum absolute atomic E-state index is 5.69. The maximum atomic E-state index is 5.69. The van der Waals surface area contributed by atoms with E-state index in [4.69, 9.17) is 14.2 Å². The third kappa shape index (κ3) is 7.48. The summed E-state index contributed by atoms with van der Waals surface area (Å²) in [6.45, 7) is 2.08. The summed E-state index contributed by atoms with van der Waals surface area (Å²) in [6, 6.07) is 15.7. The first-order valence-corrected chi connectivity index (χ1v) is 9.09. The van der Waals surface area contributed by atoms with Crippen molar-refractivity contribution in [3.05, 3.63) is 54.1 Å². The Labute approximate surface area is 161 Å². The summed E-state index contributed by atoms with van der Waals surface area (Å²) in [7, 11) is 5.10. The van der Waals surface area contributed by atoms with Gasteiger partial charge in [-0.05, 0) is 54.8 Å². The zero-order chi connectivity index (χ0) is 19.3. The van der Waals surface area contributed by atoms with Gasteiger partial charge in [0, 0.05) is 13.6 Å². The van der Waals surface area contributed by atoms with Gasteiger partial charge < -0.3 is 24.8 Å². The molecule has 2 rings (SSSR count). The Balaban J connectivity index is 1.59. The number of guanidine groups is 1. The summed E-state index contributed by atoms with van der Waals surface area (Å²) < 4.78 is 16.0. The normalized spacial score (nSPS) is 11.0. The standard InChI is InChI=1S/C21H29N3O3/c1-22-21(23-14-4-5-17-6-8-18(25-2)9-7-17)24-15-16-27-20-12-10-19(26-3)11-13-20/h6-13H,4-5,14-16H2,1-3H3,(H2,22,23,24). The molecule has 2 aromatic carbocycles. The quantitative estimate of drug-likeness (QED) is 0.382. The minimum absolute atomic E-state index is 0.554. The van der Waals surface area contributed by atoms with E-state index in [1.165, 1.54) is 5.56 Å². The van der Waals surface area contributed by atoms with Gasteiger partial charge >= 0.3 is 0 Å². The molecule has 0 unspecified atom stereocenters. The molecule has 0 atom stereocenters. The molecule has 0 aliphatic heterocycles. The van der Waals surface area contributed by atoms with Crippen LogP contribution in [0.3, 0.4) is 0 Å². The van der Waals surface area contributed by atoms with Crippen LogP contribution in [0.15, 0.2) is 53.5 Å². The first-order chi connectivity index (χ1) is 13.2. The summed E-state index contributed by atoms with van der Waals surface area (Å²) >= 11 is 0. The first kappa shape index (κ1) is 20.4. The van der Waals surface area contributed by atoms with Crippen molar-refractivity contribution in [3.63, 3.8) is 0 Å². The van der Waals surface area contributed by atoms with E-state index in [0.717, 1.165) is 42.6 Å². The number of benzene rings is 2. The lowest BCUT2D eigenvalue weighted by Crippen LogP contribution is -2.39. The van der Waals surface area contributed by atoms with Crippen LogP contribution in [0.25, 0.3) is 0 Å². The summed E-state index contributed by atoms with van der Waals surface area (Å²) in [5.74, 6) is 3.31. The smallest absolute Gasteiger partial charge is 0.191 e. The van der Waals surface area contributed by atoms with E-state index in [1.54, 1.807) is 21.3 Å². The highest BCUT2D eigenvalue weighted by Crippen LogP contribution is 2.16. The molecular formula is C21H29N3O3. The molecule has 0 fully saturated rings. The van der Waals surface area contributed by atoms with Gasteiger partial charge in [0.25, 0.3) is 0 Å². The minimum atomic E-state index is 0.554. The Hall–Kier alpha value is -2.89. The Kier molecular flexibility index (Phi) is 8.83. The zero-order valence-electron chi connectivity index (χ0n) is 16.3. The van der Waals surface area contributed by atoms with Crippen molar-refractivity contribution in [1.82, 2.24) is 10.6 Å². The van der Waals surface area contributed by atoms with E-state index < -0.39 is 0 Å². The Bertz CT molecular complexity index is 627. The third-order valence-electron chi connectivity index (χ3n) is 4.04. The molecule has 0 radical (unpaired) electrons. The monoisotopic (exact) mass is 371 g/mol. The molecule has 0 heterocycles. The van der Waals surface area contributed by atoms with Crippen molar-refractivity contribution in [3.8, 4) is 17.2 Å². The first-order valence-electron chi connectivity index (χ1n) is 9.09. The van der Waals surface area contributed by atoms with E-state index in [0.29, 0.717) is 13.2 Å². The van der Waals surface area contributed by atoms with E-state index in [2.05, 4.69) is 27.8 Å². The second-order valence-corrected chi connectivity index (χ2v) is 5.90. The highest BCUT2D eigenvalue weighted by molar-refractivity contribution is 5.79. The van der Waals surface area contributed by atoms with Crippen LogP contribution < -0.4 is 24.8 Å². The molecule has 0 spiro atoms. The van der Waals surface area contributed by atoms with Crippen LogP contribution in [-0.2, 0) is 6.42 Å². The highest BCUT2D eigenvalue weighted by Gasteiger charge is 1.99. The molecule has 2 N–H and O–H groups in total. The van der Waals surface area contributed by atoms with Crippen molar-refractivity contribution in [2.24, 2.45) is 4.99 Å². The van der Waals surface area contributed by atoms with Gasteiger partial charge in [0.2, 0.25) is 0 Å². The molecule has 2 aromatic rings. The molecule has 0 aromatic heterocycles. The van der Waals surface area contributed by atoms with Gasteiger partial charge in [0.15, 0.2) is 5.96 Å². The minimum Gasteiger partial charge on any atom is -0.497 e. The second-order valence-electron chi connectivity index (χ2n) is 5.90. The summed E-state index contributed by atoms with van der Waals surface area (Å²) in [5, 5.41) is 6.57. The SMILES string of the molecule is CN=C(NCCCc1ccc(OC)cc1)NCCOc1ccc(OC)cc1. The fourth-order valence-electron chi connectivity index (χ4n) is 2.52. The molecule has 0 saturated heterocycles. The predicted octanol–water partition coefficient (Wildman–Crippen LogP) is 2.88. The average Bonchev–Trinajstić information content (AvgIpc) is 2.73. The molecule has 0 saturated carbocycles. The van der Waals surface area contributed by atoms with Crippen LogP contribution in [0.2, 0.25) is 0 Å². The Morgan fingerprint density at radius 3 is 1.96 bits per heavy atom. The fraction of sp³-hybridized carbons (Fsp3) is 0.381. The number of aryl methyl sites for hydroxylation is 1. The molecule has 0 amide bonds.